The van der Waals surface area contributed by atoms with Crippen molar-refractivity contribution < 1.29 is 23.1 Å². The molecule has 0 amide bonds. The molecule has 1 aromatic heterocycles. The van der Waals surface area contributed by atoms with Crippen LogP contribution in [0.4, 0.5) is 8.78 Å². The number of carbonyl (C=O) groups is 2. The van der Waals surface area contributed by atoms with Gasteiger partial charge in [-0.3, -0.25) is 14.3 Å². The number of ketones is 1. The third kappa shape index (κ3) is 1.75. The van der Waals surface area contributed by atoms with E-state index < -0.39 is 12.4 Å². The van der Waals surface area contributed by atoms with Crippen molar-refractivity contribution in [2.75, 3.05) is 6.61 Å². The van der Waals surface area contributed by atoms with Gasteiger partial charge in [0, 0.05) is 11.5 Å². The Morgan fingerprint density at radius 2 is 2.26 bits per heavy atom. The maximum atomic E-state index is 13.1. The summed E-state index contributed by atoms with van der Waals surface area (Å²) in [6.45, 7) is 1.42. The van der Waals surface area contributed by atoms with Crippen LogP contribution in [-0.2, 0) is 16.1 Å². The van der Waals surface area contributed by atoms with Crippen LogP contribution in [-0.4, -0.2) is 28.1 Å². The van der Waals surface area contributed by atoms with E-state index in [1.807, 2.05) is 0 Å². The molecule has 1 aromatic rings. The molecule has 0 spiro atoms. The Morgan fingerprint density at radius 1 is 1.53 bits per heavy atom. The molecular formula is C12H12F2N2O3. The van der Waals surface area contributed by atoms with Crippen LogP contribution in [0.1, 0.15) is 47.4 Å². The summed E-state index contributed by atoms with van der Waals surface area (Å²) in [5.41, 5.74) is 0.150. The lowest BCUT2D eigenvalue weighted by molar-refractivity contribution is -0.144. The normalized spacial score (nSPS) is 23.5. The van der Waals surface area contributed by atoms with Crippen molar-refractivity contribution in [3.63, 3.8) is 0 Å². The van der Waals surface area contributed by atoms with Crippen molar-refractivity contribution in [3.05, 3.63) is 17.0 Å². The molecule has 0 saturated heterocycles. The SMILES string of the molecule is CCOC(=O)Cn1nc2c(c1C(F)F)[C@@H]1C[C@H]1C2=O. The molecular weight excluding hydrogens is 258 g/mol. The Bertz CT molecular complexity index is 568. The summed E-state index contributed by atoms with van der Waals surface area (Å²) in [7, 11) is 0. The van der Waals surface area contributed by atoms with Crippen LogP contribution in [0.3, 0.4) is 0 Å². The van der Waals surface area contributed by atoms with Crippen molar-refractivity contribution in [2.24, 2.45) is 5.92 Å². The number of hydrogen-bond acceptors (Lipinski definition) is 4. The average Bonchev–Trinajstić information content (AvgIpc) is 2.96. The van der Waals surface area contributed by atoms with Gasteiger partial charge in [-0.15, -0.1) is 0 Å². The summed E-state index contributed by atoms with van der Waals surface area (Å²) in [6, 6.07) is 0. The summed E-state index contributed by atoms with van der Waals surface area (Å²) in [6.07, 6.45) is -2.13. The Hall–Kier alpha value is -1.79. The van der Waals surface area contributed by atoms with Gasteiger partial charge >= 0.3 is 5.97 Å². The molecule has 3 rings (SSSR count). The maximum absolute atomic E-state index is 13.1. The van der Waals surface area contributed by atoms with Crippen molar-refractivity contribution in [1.82, 2.24) is 9.78 Å². The Kier molecular flexibility index (Phi) is 2.65. The summed E-state index contributed by atoms with van der Waals surface area (Å²) in [5, 5.41) is 3.88. The number of halogens is 2. The predicted molar refractivity (Wildman–Crippen MR) is 59.0 cm³/mol. The Labute approximate surface area is 107 Å². The summed E-state index contributed by atoms with van der Waals surface area (Å²) >= 11 is 0. The maximum Gasteiger partial charge on any atom is 0.327 e. The Balaban J connectivity index is 1.97. The molecule has 1 fully saturated rings. The van der Waals surface area contributed by atoms with Gasteiger partial charge in [0.2, 0.25) is 0 Å². The number of carbonyl (C=O) groups excluding carboxylic acids is 2. The average molecular weight is 270 g/mol. The van der Waals surface area contributed by atoms with Crippen molar-refractivity contribution in [2.45, 2.75) is 32.2 Å². The minimum absolute atomic E-state index is 0.112. The number of aromatic nitrogens is 2. The first-order chi connectivity index (χ1) is 9.04. The van der Waals surface area contributed by atoms with E-state index in [0.29, 0.717) is 12.0 Å². The number of Topliss-reactive ketones (excluding diaryl/α,β-unsaturated/α-hetero) is 1. The minimum Gasteiger partial charge on any atom is -0.465 e. The van der Waals surface area contributed by atoms with Gasteiger partial charge in [-0.1, -0.05) is 0 Å². The highest BCUT2D eigenvalue weighted by atomic mass is 19.3. The third-order valence-corrected chi connectivity index (χ3v) is 3.55. The summed E-state index contributed by atoms with van der Waals surface area (Å²) in [4.78, 5) is 23.2. The second-order valence-electron chi connectivity index (χ2n) is 4.72. The van der Waals surface area contributed by atoms with Crippen molar-refractivity contribution in [3.8, 4) is 0 Å². The van der Waals surface area contributed by atoms with Crippen molar-refractivity contribution in [1.29, 1.82) is 0 Å². The summed E-state index contributed by atoms with van der Waals surface area (Å²) < 4.78 is 31.9. The monoisotopic (exact) mass is 270 g/mol. The standard InChI is InChI=1S/C12H12F2N2O3/c1-2-19-7(17)4-16-10(12(13)14)8-5-3-6(5)11(18)9(8)15-16/h5-6,12H,2-4H2,1H3/t5-,6-/m1/s1. The number of hydrogen-bond donors (Lipinski definition) is 0. The quantitative estimate of drug-likeness (QED) is 0.781. The number of nitrogens with zero attached hydrogens (tertiary/aromatic N) is 2. The lowest BCUT2D eigenvalue weighted by Crippen LogP contribution is -2.17. The van der Waals surface area contributed by atoms with Gasteiger partial charge in [0.15, 0.2) is 5.78 Å². The third-order valence-electron chi connectivity index (χ3n) is 3.55. The molecule has 0 bridgehead atoms. The molecule has 0 aromatic carbocycles. The molecule has 0 radical (unpaired) electrons. The largest absolute Gasteiger partial charge is 0.465 e. The minimum atomic E-state index is -2.75. The van der Waals surface area contributed by atoms with E-state index in [1.54, 1.807) is 6.92 Å². The first-order valence-corrected chi connectivity index (χ1v) is 6.13. The molecule has 5 nitrogen and oxygen atoms in total. The molecule has 1 saturated carbocycles. The van der Waals surface area contributed by atoms with E-state index >= 15 is 0 Å². The van der Waals surface area contributed by atoms with Gasteiger partial charge in [0.25, 0.3) is 6.43 Å². The van der Waals surface area contributed by atoms with E-state index in [-0.39, 0.29) is 42.2 Å². The highest BCUT2D eigenvalue weighted by Gasteiger charge is 2.56. The van der Waals surface area contributed by atoms with E-state index in [2.05, 4.69) is 5.10 Å². The smallest absolute Gasteiger partial charge is 0.327 e. The number of ether oxygens (including phenoxy) is 1. The molecule has 2 aliphatic rings. The Morgan fingerprint density at radius 3 is 2.89 bits per heavy atom. The predicted octanol–water partition coefficient (Wildman–Crippen LogP) is 1.68. The van der Waals surface area contributed by atoms with Gasteiger partial charge in [0.1, 0.15) is 17.9 Å². The molecule has 102 valence electrons. The number of rotatable bonds is 4. The molecule has 0 aliphatic heterocycles. The van der Waals surface area contributed by atoms with Gasteiger partial charge < -0.3 is 4.74 Å². The van der Waals surface area contributed by atoms with E-state index in [9.17, 15) is 18.4 Å². The van der Waals surface area contributed by atoms with Crippen LogP contribution in [0.2, 0.25) is 0 Å². The fourth-order valence-electron chi connectivity index (χ4n) is 2.70. The molecule has 1 heterocycles. The zero-order valence-corrected chi connectivity index (χ0v) is 10.2. The lowest BCUT2D eigenvalue weighted by atomic mass is 10.1. The van der Waals surface area contributed by atoms with Crippen LogP contribution in [0.15, 0.2) is 0 Å². The first-order valence-electron chi connectivity index (χ1n) is 6.13. The van der Waals surface area contributed by atoms with Crippen LogP contribution in [0.5, 0.6) is 0 Å². The van der Waals surface area contributed by atoms with Crippen molar-refractivity contribution >= 4 is 11.8 Å². The van der Waals surface area contributed by atoms with Crippen LogP contribution in [0, 0.1) is 5.92 Å². The van der Waals surface area contributed by atoms with E-state index in [1.165, 1.54) is 0 Å². The van der Waals surface area contributed by atoms with Gasteiger partial charge in [-0.2, -0.15) is 5.10 Å². The number of alkyl halides is 2. The molecule has 19 heavy (non-hydrogen) atoms. The van der Waals surface area contributed by atoms with Crippen LogP contribution < -0.4 is 0 Å². The van der Waals surface area contributed by atoms with Crippen LogP contribution in [0.25, 0.3) is 0 Å². The molecule has 2 atom stereocenters. The van der Waals surface area contributed by atoms with Gasteiger partial charge in [-0.25, -0.2) is 8.78 Å². The van der Waals surface area contributed by atoms with Gasteiger partial charge in [0.05, 0.1) is 6.61 Å². The summed E-state index contributed by atoms with van der Waals surface area (Å²) in [5.74, 6) is -1.09. The topological polar surface area (TPSA) is 61.2 Å². The molecule has 0 N–H and O–H groups in total. The van der Waals surface area contributed by atoms with Crippen LogP contribution >= 0.6 is 0 Å². The van der Waals surface area contributed by atoms with E-state index in [4.69, 9.17) is 4.74 Å². The highest BCUT2D eigenvalue weighted by Crippen LogP contribution is 2.57. The lowest BCUT2D eigenvalue weighted by Gasteiger charge is -2.07. The van der Waals surface area contributed by atoms with Gasteiger partial charge in [-0.05, 0) is 19.3 Å². The second kappa shape index (κ2) is 4.11. The molecule has 0 unspecified atom stereocenters. The number of fused-ring (bicyclic) bond motifs is 3. The molecule has 2 aliphatic carbocycles. The highest BCUT2D eigenvalue weighted by molar-refractivity contribution is 6.04. The van der Waals surface area contributed by atoms with E-state index in [0.717, 1.165) is 4.68 Å². The fourth-order valence-corrected chi connectivity index (χ4v) is 2.70. The number of esters is 1. The first kappa shape index (κ1) is 12.3. The zero-order valence-electron chi connectivity index (χ0n) is 10.2. The zero-order chi connectivity index (χ0) is 13.7. The molecule has 7 heteroatoms. The fraction of sp³-hybridized carbons (Fsp3) is 0.583. The second-order valence-corrected chi connectivity index (χ2v) is 4.72.